The van der Waals surface area contributed by atoms with Gasteiger partial charge < -0.3 is 15.4 Å². The van der Waals surface area contributed by atoms with Crippen molar-refractivity contribution in [3.8, 4) is 6.07 Å². The molecule has 1 aromatic carbocycles. The summed E-state index contributed by atoms with van der Waals surface area (Å²) in [5.41, 5.74) is 0.0451. The number of amides is 1. The molecule has 156 valence electrons. The minimum Gasteiger partial charge on any atom is -0.509 e. The number of aromatic amines is 1. The summed E-state index contributed by atoms with van der Waals surface area (Å²) in [4.78, 5) is 35.0. The lowest BCUT2D eigenvalue weighted by molar-refractivity contribution is -0.122. The fraction of sp³-hybridized carbons (Fsp3) is 0.333. The second-order valence-corrected chi connectivity index (χ2v) is 7.01. The lowest BCUT2D eigenvalue weighted by Crippen LogP contribution is -2.49. The van der Waals surface area contributed by atoms with E-state index in [1.54, 1.807) is 30.3 Å². The molecule has 9 nitrogen and oxygen atoms in total. The highest BCUT2D eigenvalue weighted by Crippen LogP contribution is 2.16. The Bertz CT molecular complexity index is 1060. The van der Waals surface area contributed by atoms with Crippen molar-refractivity contribution in [3.63, 3.8) is 0 Å². The third-order valence-electron chi connectivity index (χ3n) is 4.90. The highest BCUT2D eigenvalue weighted by Gasteiger charge is 2.21. The van der Waals surface area contributed by atoms with Crippen molar-refractivity contribution in [2.45, 2.75) is 0 Å². The third kappa shape index (κ3) is 5.11. The number of para-hydroxylation sites is 1. The Morgan fingerprint density at radius 3 is 2.60 bits per heavy atom. The smallest absolute Gasteiger partial charge is 0.259 e. The first-order valence-corrected chi connectivity index (χ1v) is 9.65. The number of aliphatic hydroxyl groups is 1. The van der Waals surface area contributed by atoms with Crippen LogP contribution in [-0.2, 0) is 4.79 Å². The van der Waals surface area contributed by atoms with Gasteiger partial charge in [0.2, 0.25) is 5.91 Å². The Morgan fingerprint density at radius 2 is 1.93 bits per heavy atom. The summed E-state index contributed by atoms with van der Waals surface area (Å²) in [5.74, 6) is -0.145. The van der Waals surface area contributed by atoms with Crippen molar-refractivity contribution in [2.75, 3.05) is 45.8 Å². The van der Waals surface area contributed by atoms with E-state index < -0.39 is 0 Å². The van der Waals surface area contributed by atoms with Crippen LogP contribution in [0.5, 0.6) is 0 Å². The first kappa shape index (κ1) is 21.2. The number of aliphatic hydroxyl groups excluding tert-OH is 1. The Balaban J connectivity index is 1.66. The summed E-state index contributed by atoms with van der Waals surface area (Å²) in [6.45, 7) is 7.10. The largest absolute Gasteiger partial charge is 0.509 e. The molecule has 1 saturated heterocycles. The molecule has 1 aliphatic heterocycles. The molecule has 0 unspecified atom stereocenters. The van der Waals surface area contributed by atoms with E-state index in [2.05, 4.69) is 21.9 Å². The van der Waals surface area contributed by atoms with Crippen LogP contribution in [0, 0.1) is 11.3 Å². The summed E-state index contributed by atoms with van der Waals surface area (Å²) in [7, 11) is 0. The zero-order chi connectivity index (χ0) is 21.5. The predicted molar refractivity (Wildman–Crippen MR) is 114 cm³/mol. The molecule has 0 aliphatic carbocycles. The van der Waals surface area contributed by atoms with Gasteiger partial charge >= 0.3 is 0 Å². The van der Waals surface area contributed by atoms with Gasteiger partial charge in [-0.05, 0) is 12.1 Å². The molecular formula is C21H24N6O3. The van der Waals surface area contributed by atoms with E-state index in [4.69, 9.17) is 0 Å². The van der Waals surface area contributed by atoms with Crippen LogP contribution in [0.4, 0.5) is 0 Å². The quantitative estimate of drug-likeness (QED) is 0.349. The summed E-state index contributed by atoms with van der Waals surface area (Å²) in [6.07, 6.45) is 1.63. The lowest BCUT2D eigenvalue weighted by Gasteiger charge is -2.34. The van der Waals surface area contributed by atoms with Crippen LogP contribution in [-0.4, -0.2) is 76.6 Å². The zero-order valence-electron chi connectivity index (χ0n) is 16.6. The number of nitrogens with one attached hydrogen (secondary N) is 2. The van der Waals surface area contributed by atoms with Gasteiger partial charge in [-0.15, -0.1) is 6.58 Å². The average molecular weight is 408 g/mol. The third-order valence-corrected chi connectivity index (χ3v) is 4.90. The van der Waals surface area contributed by atoms with Crippen LogP contribution >= 0.6 is 0 Å². The van der Waals surface area contributed by atoms with Gasteiger partial charge in [-0.25, -0.2) is 4.98 Å². The molecule has 9 heteroatoms. The van der Waals surface area contributed by atoms with Crippen molar-refractivity contribution < 1.29 is 9.90 Å². The van der Waals surface area contributed by atoms with Crippen LogP contribution in [0.15, 0.2) is 47.5 Å². The number of allylic oxidation sites excluding steroid dienone is 1. The molecule has 1 amide bonds. The van der Waals surface area contributed by atoms with E-state index in [-0.39, 0.29) is 35.2 Å². The van der Waals surface area contributed by atoms with E-state index in [0.717, 1.165) is 0 Å². The summed E-state index contributed by atoms with van der Waals surface area (Å²) < 4.78 is 0. The van der Waals surface area contributed by atoms with Crippen LogP contribution in [0.1, 0.15) is 5.82 Å². The number of hydrogen-bond acceptors (Lipinski definition) is 7. The first-order valence-electron chi connectivity index (χ1n) is 9.65. The number of aromatic nitrogens is 2. The highest BCUT2D eigenvalue weighted by atomic mass is 16.3. The van der Waals surface area contributed by atoms with E-state index in [9.17, 15) is 20.0 Å². The van der Waals surface area contributed by atoms with E-state index in [1.165, 1.54) is 0 Å². The summed E-state index contributed by atoms with van der Waals surface area (Å²) >= 11 is 0. The maximum absolute atomic E-state index is 12.3. The fourth-order valence-electron chi connectivity index (χ4n) is 3.30. The molecule has 3 N–H and O–H groups in total. The standard InChI is InChI=1S/C21H24N6O3/c1-2-7-23-19(29)14-27-10-8-26(9-11-27)13-18(28)16(12-22)20-24-17-6-4-3-5-15(17)21(30)25-20/h2-6,28H,1,7-11,13-14H2,(H,23,29)(H,24,25,30)/b18-16-. The minimum absolute atomic E-state index is 0.0517. The first-order chi connectivity index (χ1) is 14.5. The van der Waals surface area contributed by atoms with Crippen molar-refractivity contribution in [1.29, 1.82) is 5.26 Å². The van der Waals surface area contributed by atoms with Gasteiger partial charge in [0, 0.05) is 32.7 Å². The van der Waals surface area contributed by atoms with Crippen LogP contribution < -0.4 is 10.9 Å². The van der Waals surface area contributed by atoms with Crippen molar-refractivity contribution in [2.24, 2.45) is 0 Å². The van der Waals surface area contributed by atoms with Crippen molar-refractivity contribution >= 4 is 22.4 Å². The molecule has 0 saturated carbocycles. The number of nitrogens with zero attached hydrogens (tertiary/aromatic N) is 4. The molecule has 0 radical (unpaired) electrons. The van der Waals surface area contributed by atoms with Gasteiger partial charge in [0.15, 0.2) is 5.82 Å². The topological polar surface area (TPSA) is 125 Å². The molecule has 2 heterocycles. The number of fused-ring (bicyclic) bond motifs is 1. The second-order valence-electron chi connectivity index (χ2n) is 7.01. The van der Waals surface area contributed by atoms with E-state index in [1.807, 2.05) is 15.9 Å². The maximum atomic E-state index is 12.3. The highest BCUT2D eigenvalue weighted by molar-refractivity contribution is 5.81. The molecule has 1 fully saturated rings. The number of nitriles is 1. The number of benzene rings is 1. The molecule has 0 atom stereocenters. The monoisotopic (exact) mass is 408 g/mol. The van der Waals surface area contributed by atoms with Gasteiger partial charge in [0.25, 0.3) is 5.56 Å². The van der Waals surface area contributed by atoms with E-state index >= 15 is 0 Å². The zero-order valence-corrected chi connectivity index (χ0v) is 16.6. The fourth-order valence-corrected chi connectivity index (χ4v) is 3.30. The number of piperazine rings is 1. The molecule has 2 aromatic rings. The Hall–Kier alpha value is -3.48. The van der Waals surface area contributed by atoms with E-state index in [0.29, 0.717) is 50.2 Å². The van der Waals surface area contributed by atoms with Crippen molar-refractivity contribution in [3.05, 3.63) is 58.9 Å². The molecule has 1 aromatic heterocycles. The molecular weight excluding hydrogens is 384 g/mol. The van der Waals surface area contributed by atoms with Gasteiger partial charge in [-0.1, -0.05) is 18.2 Å². The van der Waals surface area contributed by atoms with Gasteiger partial charge in [0.05, 0.1) is 24.0 Å². The predicted octanol–water partition coefficient (Wildman–Crippen LogP) is 0.636. The number of carbonyl (C=O) groups is 1. The van der Waals surface area contributed by atoms with Gasteiger partial charge in [-0.3, -0.25) is 19.4 Å². The van der Waals surface area contributed by atoms with Crippen LogP contribution in [0.2, 0.25) is 0 Å². The molecule has 0 bridgehead atoms. The Kier molecular flexibility index (Phi) is 6.95. The summed E-state index contributed by atoms with van der Waals surface area (Å²) in [6, 6.07) is 8.78. The number of rotatable bonds is 7. The van der Waals surface area contributed by atoms with Gasteiger partial charge in [-0.2, -0.15) is 5.26 Å². The Morgan fingerprint density at radius 1 is 1.27 bits per heavy atom. The Labute approximate surface area is 173 Å². The minimum atomic E-state index is -0.362. The number of hydrogen-bond donors (Lipinski definition) is 3. The normalized spacial score (nSPS) is 16.0. The SMILES string of the molecule is C=CCNC(=O)CN1CCN(C/C(O)=C(\C#N)c2nc3ccccc3c(=O)[nH]2)CC1. The second kappa shape index (κ2) is 9.82. The molecule has 0 spiro atoms. The molecule has 30 heavy (non-hydrogen) atoms. The average Bonchev–Trinajstić information content (AvgIpc) is 2.74. The molecule has 3 rings (SSSR count). The van der Waals surface area contributed by atoms with Crippen molar-refractivity contribution in [1.82, 2.24) is 25.1 Å². The molecule has 1 aliphatic rings. The maximum Gasteiger partial charge on any atom is 0.259 e. The number of carbonyl (C=O) groups excluding carboxylic acids is 1. The summed E-state index contributed by atoms with van der Waals surface area (Å²) in [5, 5.41) is 23.3. The number of H-pyrrole nitrogens is 1. The van der Waals surface area contributed by atoms with Gasteiger partial charge in [0.1, 0.15) is 17.4 Å². The van der Waals surface area contributed by atoms with Crippen LogP contribution in [0.25, 0.3) is 16.5 Å². The lowest BCUT2D eigenvalue weighted by atomic mass is 10.2. The van der Waals surface area contributed by atoms with Crippen LogP contribution in [0.3, 0.4) is 0 Å².